The summed E-state index contributed by atoms with van der Waals surface area (Å²) in [6.45, 7) is 5.79. The minimum Gasteiger partial charge on any atom is -0.395 e. The second kappa shape index (κ2) is 8.13. The largest absolute Gasteiger partial charge is 0.416 e. The summed E-state index contributed by atoms with van der Waals surface area (Å²) in [5, 5.41) is 12.4. The molecule has 1 aromatic carbocycles. The average molecular weight is 330 g/mol. The lowest BCUT2D eigenvalue weighted by Gasteiger charge is -2.32. The van der Waals surface area contributed by atoms with Crippen molar-refractivity contribution in [3.05, 3.63) is 35.4 Å². The Morgan fingerprint density at radius 3 is 2.35 bits per heavy atom. The van der Waals surface area contributed by atoms with E-state index in [-0.39, 0.29) is 12.6 Å². The summed E-state index contributed by atoms with van der Waals surface area (Å²) in [7, 11) is 0. The molecule has 0 unspecified atom stereocenters. The van der Waals surface area contributed by atoms with E-state index in [1.54, 1.807) is 12.1 Å². The van der Waals surface area contributed by atoms with Crippen LogP contribution in [-0.4, -0.2) is 42.8 Å². The van der Waals surface area contributed by atoms with Gasteiger partial charge >= 0.3 is 6.18 Å². The van der Waals surface area contributed by atoms with Crippen molar-refractivity contribution in [2.45, 2.75) is 32.0 Å². The van der Waals surface area contributed by atoms with Gasteiger partial charge in [-0.25, -0.2) is 0 Å². The van der Waals surface area contributed by atoms with Crippen molar-refractivity contribution < 1.29 is 18.3 Å². The second-order valence-electron chi connectivity index (χ2n) is 6.26. The van der Waals surface area contributed by atoms with Gasteiger partial charge in [0.25, 0.3) is 0 Å². The Kier molecular flexibility index (Phi) is 6.44. The Labute approximate surface area is 135 Å². The van der Waals surface area contributed by atoms with E-state index < -0.39 is 11.7 Å². The molecule has 0 amide bonds. The van der Waals surface area contributed by atoms with E-state index >= 15 is 0 Å². The first kappa shape index (κ1) is 18.2. The number of benzene rings is 1. The molecule has 0 saturated carbocycles. The molecule has 1 aromatic rings. The van der Waals surface area contributed by atoms with Gasteiger partial charge in [0.15, 0.2) is 0 Å². The highest BCUT2D eigenvalue weighted by molar-refractivity contribution is 5.26. The Morgan fingerprint density at radius 1 is 1.22 bits per heavy atom. The maximum Gasteiger partial charge on any atom is 0.416 e. The zero-order valence-corrected chi connectivity index (χ0v) is 13.4. The van der Waals surface area contributed by atoms with Gasteiger partial charge in [-0.2, -0.15) is 13.2 Å². The third-order valence-electron chi connectivity index (χ3n) is 4.57. The monoisotopic (exact) mass is 330 g/mol. The SMILES string of the molecule is C[C@H](NCC1CCN(CCO)CC1)c1ccc(C(F)(F)F)cc1. The van der Waals surface area contributed by atoms with Crippen molar-refractivity contribution in [1.29, 1.82) is 0 Å². The van der Waals surface area contributed by atoms with E-state index in [0.29, 0.717) is 5.92 Å². The van der Waals surface area contributed by atoms with E-state index in [4.69, 9.17) is 5.11 Å². The molecule has 2 N–H and O–H groups in total. The van der Waals surface area contributed by atoms with Gasteiger partial charge in [0.05, 0.1) is 12.2 Å². The van der Waals surface area contributed by atoms with Crippen LogP contribution in [0.5, 0.6) is 0 Å². The molecule has 0 radical (unpaired) electrons. The molecule has 23 heavy (non-hydrogen) atoms. The molecule has 1 aliphatic rings. The Hall–Kier alpha value is -1.11. The normalized spacial score (nSPS) is 19.0. The van der Waals surface area contributed by atoms with Gasteiger partial charge < -0.3 is 15.3 Å². The van der Waals surface area contributed by atoms with Crippen LogP contribution in [-0.2, 0) is 6.18 Å². The second-order valence-corrected chi connectivity index (χ2v) is 6.26. The predicted molar refractivity (Wildman–Crippen MR) is 84.1 cm³/mol. The molecule has 0 bridgehead atoms. The lowest BCUT2D eigenvalue weighted by atomic mass is 9.96. The summed E-state index contributed by atoms with van der Waals surface area (Å²) < 4.78 is 37.7. The molecule has 0 spiro atoms. The van der Waals surface area contributed by atoms with Crippen LogP contribution in [0, 0.1) is 5.92 Å². The summed E-state index contributed by atoms with van der Waals surface area (Å²) in [5.74, 6) is 0.585. The van der Waals surface area contributed by atoms with Crippen LogP contribution in [0.2, 0.25) is 0 Å². The van der Waals surface area contributed by atoms with Gasteiger partial charge in [-0.15, -0.1) is 0 Å². The number of hydrogen-bond donors (Lipinski definition) is 2. The third-order valence-corrected chi connectivity index (χ3v) is 4.57. The number of hydrogen-bond acceptors (Lipinski definition) is 3. The number of piperidine rings is 1. The van der Waals surface area contributed by atoms with E-state index in [2.05, 4.69) is 10.2 Å². The van der Waals surface area contributed by atoms with Crippen molar-refractivity contribution in [2.75, 3.05) is 32.8 Å². The molecular weight excluding hydrogens is 305 g/mol. The van der Waals surface area contributed by atoms with E-state index in [1.165, 1.54) is 0 Å². The number of aliphatic hydroxyl groups is 1. The lowest BCUT2D eigenvalue weighted by molar-refractivity contribution is -0.137. The molecule has 130 valence electrons. The summed E-state index contributed by atoms with van der Waals surface area (Å²) in [5.41, 5.74) is 0.264. The highest BCUT2D eigenvalue weighted by atomic mass is 19.4. The quantitative estimate of drug-likeness (QED) is 0.841. The molecule has 1 fully saturated rings. The summed E-state index contributed by atoms with van der Waals surface area (Å²) in [4.78, 5) is 2.26. The van der Waals surface area contributed by atoms with Crippen LogP contribution in [0.25, 0.3) is 0 Å². The molecule has 0 aromatic heterocycles. The van der Waals surface area contributed by atoms with E-state index in [9.17, 15) is 13.2 Å². The van der Waals surface area contributed by atoms with Crippen LogP contribution < -0.4 is 5.32 Å². The van der Waals surface area contributed by atoms with E-state index in [0.717, 1.165) is 56.7 Å². The number of nitrogens with zero attached hydrogens (tertiary/aromatic N) is 1. The number of alkyl halides is 3. The van der Waals surface area contributed by atoms with Crippen LogP contribution in [0.4, 0.5) is 13.2 Å². The standard InChI is InChI=1S/C17H25F3N2O/c1-13(15-2-4-16(5-3-15)17(18,19)20)21-12-14-6-8-22(9-7-14)10-11-23/h2-5,13-14,21,23H,6-12H2,1H3/t13-/m0/s1. The topological polar surface area (TPSA) is 35.5 Å². The van der Waals surface area contributed by atoms with Gasteiger partial charge in [0.2, 0.25) is 0 Å². The van der Waals surface area contributed by atoms with Gasteiger partial charge in [0, 0.05) is 12.6 Å². The summed E-state index contributed by atoms with van der Waals surface area (Å²) in [6.07, 6.45) is -2.10. The molecular formula is C17H25F3N2O. The minimum atomic E-state index is -4.28. The Balaban J connectivity index is 1.78. The number of halogens is 3. The van der Waals surface area contributed by atoms with Crippen LogP contribution >= 0.6 is 0 Å². The minimum absolute atomic E-state index is 0.0350. The van der Waals surface area contributed by atoms with Gasteiger partial charge in [0.1, 0.15) is 0 Å². The van der Waals surface area contributed by atoms with E-state index in [1.807, 2.05) is 6.92 Å². The molecule has 1 aliphatic heterocycles. The first-order chi connectivity index (χ1) is 10.9. The maximum atomic E-state index is 12.6. The van der Waals surface area contributed by atoms with Crippen molar-refractivity contribution in [3.8, 4) is 0 Å². The number of β-amino-alcohol motifs (C(OH)–C–C–N with tert-alkyl or cyclic N) is 1. The predicted octanol–water partition coefficient (Wildman–Crippen LogP) is 3.06. The number of aliphatic hydroxyl groups excluding tert-OH is 1. The van der Waals surface area contributed by atoms with Crippen LogP contribution in [0.15, 0.2) is 24.3 Å². The summed E-state index contributed by atoms with van der Waals surface area (Å²) >= 11 is 0. The fourth-order valence-corrected chi connectivity index (χ4v) is 2.98. The highest BCUT2D eigenvalue weighted by Gasteiger charge is 2.30. The Morgan fingerprint density at radius 2 is 1.83 bits per heavy atom. The first-order valence-corrected chi connectivity index (χ1v) is 8.14. The zero-order valence-electron chi connectivity index (χ0n) is 13.4. The van der Waals surface area contributed by atoms with Crippen molar-refractivity contribution >= 4 is 0 Å². The Bertz CT molecular complexity index is 468. The molecule has 1 heterocycles. The first-order valence-electron chi connectivity index (χ1n) is 8.14. The molecule has 6 heteroatoms. The van der Waals surface area contributed by atoms with Crippen LogP contribution in [0.1, 0.15) is 36.9 Å². The number of likely N-dealkylation sites (tertiary alicyclic amines) is 1. The number of nitrogens with one attached hydrogen (secondary N) is 1. The maximum absolute atomic E-state index is 12.6. The van der Waals surface area contributed by atoms with Crippen molar-refractivity contribution in [2.24, 2.45) is 5.92 Å². The fraction of sp³-hybridized carbons (Fsp3) is 0.647. The summed E-state index contributed by atoms with van der Waals surface area (Å²) in [6, 6.07) is 5.41. The molecule has 3 nitrogen and oxygen atoms in total. The van der Waals surface area contributed by atoms with Gasteiger partial charge in [-0.05, 0) is 63.0 Å². The smallest absolute Gasteiger partial charge is 0.395 e. The molecule has 2 rings (SSSR count). The molecule has 1 saturated heterocycles. The molecule has 1 atom stereocenters. The third kappa shape index (κ3) is 5.48. The number of rotatable bonds is 6. The average Bonchev–Trinajstić information content (AvgIpc) is 2.53. The molecule has 0 aliphatic carbocycles. The zero-order chi connectivity index (χ0) is 16.9. The van der Waals surface area contributed by atoms with Gasteiger partial charge in [-0.3, -0.25) is 0 Å². The van der Waals surface area contributed by atoms with Crippen molar-refractivity contribution in [1.82, 2.24) is 10.2 Å². The van der Waals surface area contributed by atoms with Crippen LogP contribution in [0.3, 0.4) is 0 Å². The van der Waals surface area contributed by atoms with Crippen molar-refractivity contribution in [3.63, 3.8) is 0 Å². The van der Waals surface area contributed by atoms with Gasteiger partial charge in [-0.1, -0.05) is 12.1 Å². The fourth-order valence-electron chi connectivity index (χ4n) is 2.98. The highest BCUT2D eigenvalue weighted by Crippen LogP contribution is 2.30. The lowest BCUT2D eigenvalue weighted by Crippen LogP contribution is -2.39.